The second-order valence-corrected chi connectivity index (χ2v) is 16.9. The fourth-order valence-electron chi connectivity index (χ4n) is 9.97. The number of nitrogens with zero attached hydrogens (tertiary/aromatic N) is 2. The van der Waals surface area contributed by atoms with Crippen molar-refractivity contribution in [2.45, 2.75) is 32.1 Å². The van der Waals surface area contributed by atoms with Crippen LogP contribution in [0.15, 0.2) is 214 Å². The molecule has 0 saturated heterocycles. The molecule has 0 saturated carbocycles. The minimum Gasteiger partial charge on any atom is -0.456 e. The third-order valence-corrected chi connectivity index (χ3v) is 13.0. The van der Waals surface area contributed by atoms with Gasteiger partial charge in [-0.25, -0.2) is 0 Å². The summed E-state index contributed by atoms with van der Waals surface area (Å²) in [4.78, 5) is 4.78. The number of fused-ring (bicyclic) bond motifs is 8. The van der Waals surface area contributed by atoms with E-state index in [-0.39, 0.29) is 5.41 Å². The van der Waals surface area contributed by atoms with E-state index in [9.17, 15) is 0 Å². The van der Waals surface area contributed by atoms with Crippen LogP contribution in [0.5, 0.6) is 0 Å². The molecule has 2 aromatic heterocycles. The molecule has 4 nitrogen and oxygen atoms in total. The number of para-hydroxylation sites is 4. The van der Waals surface area contributed by atoms with Gasteiger partial charge in [0, 0.05) is 61.1 Å². The molecule has 0 atom stereocenters. The van der Waals surface area contributed by atoms with Crippen LogP contribution in [0.25, 0.3) is 60.6 Å². The fraction of sp³-hybridized carbons (Fsp3) is 0.0877. The van der Waals surface area contributed by atoms with Gasteiger partial charge in [0.25, 0.3) is 0 Å². The Morgan fingerprint density at radius 3 is 1.52 bits per heavy atom. The third kappa shape index (κ3) is 5.74. The van der Waals surface area contributed by atoms with Crippen molar-refractivity contribution in [1.29, 1.82) is 0 Å². The van der Waals surface area contributed by atoms with E-state index in [1.54, 1.807) is 0 Å². The first kappa shape index (κ1) is 35.4. The zero-order valence-electron chi connectivity index (χ0n) is 34.1. The standard InChI is InChI=1S/C57H42N2O2/c1-57(2)51-33-38(37-21-24-41(25-22-37)58(39-13-5-3-6-14-39)42-27-31-55-49(34-42)47-17-9-11-19-53(47)60-55)23-29-45(51)46-30-26-44(36-52(46)57)59(40-15-7-4-8-16-40)43-28-32-56-50(35-43)48-18-10-12-20-54(48)61-56/h3-25,27-29,31-36H,26,30H2,1-2H3. The molecule has 292 valence electrons. The topological polar surface area (TPSA) is 32.8 Å². The van der Waals surface area contributed by atoms with E-state index >= 15 is 0 Å². The summed E-state index contributed by atoms with van der Waals surface area (Å²) in [6.07, 6.45) is 4.42. The van der Waals surface area contributed by atoms with E-state index < -0.39 is 0 Å². The van der Waals surface area contributed by atoms with Crippen LogP contribution < -0.4 is 9.80 Å². The number of hydrogen-bond acceptors (Lipinski definition) is 4. The Bertz CT molecular complexity index is 3390. The van der Waals surface area contributed by atoms with Gasteiger partial charge >= 0.3 is 0 Å². The second kappa shape index (κ2) is 13.8. The van der Waals surface area contributed by atoms with Crippen LogP contribution >= 0.6 is 0 Å². The Morgan fingerprint density at radius 2 is 0.902 bits per heavy atom. The highest BCUT2D eigenvalue weighted by Crippen LogP contribution is 2.53. The van der Waals surface area contributed by atoms with Crippen LogP contribution in [-0.2, 0) is 5.41 Å². The highest BCUT2D eigenvalue weighted by molar-refractivity contribution is 6.07. The maximum absolute atomic E-state index is 6.23. The summed E-state index contributed by atoms with van der Waals surface area (Å²) in [5.41, 5.74) is 18.4. The number of allylic oxidation sites excluding steroid dienone is 4. The van der Waals surface area contributed by atoms with Gasteiger partial charge in [-0.1, -0.05) is 111 Å². The van der Waals surface area contributed by atoms with Gasteiger partial charge in [-0.2, -0.15) is 0 Å². The summed E-state index contributed by atoms with van der Waals surface area (Å²) in [6.45, 7) is 4.80. The minimum atomic E-state index is -0.167. The first-order valence-electron chi connectivity index (χ1n) is 21.2. The molecule has 0 fully saturated rings. The van der Waals surface area contributed by atoms with Gasteiger partial charge in [-0.3, -0.25) is 0 Å². The van der Waals surface area contributed by atoms with Crippen molar-refractivity contribution in [1.82, 2.24) is 0 Å². The summed E-state index contributed by atoms with van der Waals surface area (Å²) >= 11 is 0. The summed E-state index contributed by atoms with van der Waals surface area (Å²) in [5, 5.41) is 4.51. The van der Waals surface area contributed by atoms with E-state index in [0.29, 0.717) is 0 Å². The molecule has 0 spiro atoms. The van der Waals surface area contributed by atoms with Gasteiger partial charge in [0.1, 0.15) is 22.3 Å². The number of anilines is 5. The zero-order chi connectivity index (χ0) is 40.7. The third-order valence-electron chi connectivity index (χ3n) is 13.0. The molecule has 2 aliphatic carbocycles. The van der Waals surface area contributed by atoms with Gasteiger partial charge < -0.3 is 18.6 Å². The lowest BCUT2D eigenvalue weighted by molar-refractivity contribution is 0.649. The lowest BCUT2D eigenvalue weighted by Gasteiger charge is -2.32. The van der Waals surface area contributed by atoms with Gasteiger partial charge in [0.15, 0.2) is 0 Å². The van der Waals surface area contributed by atoms with Crippen molar-refractivity contribution < 1.29 is 8.83 Å². The molecule has 0 aliphatic heterocycles. The Kier molecular flexibility index (Phi) is 7.98. The molecule has 61 heavy (non-hydrogen) atoms. The van der Waals surface area contributed by atoms with Gasteiger partial charge in [0.05, 0.1) is 0 Å². The number of hydrogen-bond donors (Lipinski definition) is 0. The average Bonchev–Trinajstić information content (AvgIpc) is 3.94. The summed E-state index contributed by atoms with van der Waals surface area (Å²) in [5.74, 6) is 0. The quantitative estimate of drug-likeness (QED) is 0.161. The normalized spacial score (nSPS) is 14.4. The second-order valence-electron chi connectivity index (χ2n) is 16.9. The van der Waals surface area contributed by atoms with Crippen molar-refractivity contribution in [3.8, 4) is 11.1 Å². The van der Waals surface area contributed by atoms with Crippen molar-refractivity contribution in [2.75, 3.05) is 9.80 Å². The van der Waals surface area contributed by atoms with Crippen LogP contribution in [0.1, 0.15) is 37.8 Å². The Labute approximate surface area is 354 Å². The molecule has 0 amide bonds. The molecule has 4 heteroatoms. The van der Waals surface area contributed by atoms with E-state index in [4.69, 9.17) is 8.83 Å². The monoisotopic (exact) mass is 786 g/mol. The lowest BCUT2D eigenvalue weighted by atomic mass is 9.79. The van der Waals surface area contributed by atoms with Crippen LogP contribution in [0.2, 0.25) is 0 Å². The predicted octanol–water partition coefficient (Wildman–Crippen LogP) is 16.2. The molecule has 0 N–H and O–H groups in total. The Balaban J connectivity index is 0.886. The molecule has 0 bridgehead atoms. The molecule has 2 aliphatic rings. The molecule has 12 rings (SSSR count). The molecule has 10 aromatic rings. The number of rotatable bonds is 7. The molecule has 0 radical (unpaired) electrons. The first-order valence-corrected chi connectivity index (χ1v) is 21.2. The van der Waals surface area contributed by atoms with Gasteiger partial charge in [-0.05, 0) is 143 Å². The summed E-state index contributed by atoms with van der Waals surface area (Å²) in [6, 6.07) is 67.2. The number of furan rings is 2. The van der Waals surface area contributed by atoms with Crippen LogP contribution in [0.3, 0.4) is 0 Å². The SMILES string of the molecule is CC1(C)C2=C(CCC(N(c3ccccc3)c3ccc4oc5ccccc5c4c3)=C2)c2ccc(-c3ccc(N(c4ccccc4)c4ccc5oc6ccccc6c5c4)cc3)cc21. The van der Waals surface area contributed by atoms with Crippen molar-refractivity contribution in [3.05, 3.63) is 217 Å². The highest BCUT2D eigenvalue weighted by atomic mass is 16.3. The Hall–Kier alpha value is -7.56. The molecular formula is C57H42N2O2. The molecular weight excluding hydrogens is 745 g/mol. The zero-order valence-corrected chi connectivity index (χ0v) is 34.1. The first-order chi connectivity index (χ1) is 30.0. The van der Waals surface area contributed by atoms with Gasteiger partial charge in [-0.15, -0.1) is 0 Å². The largest absolute Gasteiger partial charge is 0.456 e. The summed E-state index contributed by atoms with van der Waals surface area (Å²) in [7, 11) is 0. The highest BCUT2D eigenvalue weighted by Gasteiger charge is 2.39. The van der Waals surface area contributed by atoms with E-state index in [0.717, 1.165) is 85.2 Å². The summed E-state index contributed by atoms with van der Waals surface area (Å²) < 4.78 is 12.4. The molecule has 2 heterocycles. The minimum absolute atomic E-state index is 0.167. The smallest absolute Gasteiger partial charge is 0.135 e. The van der Waals surface area contributed by atoms with E-state index in [2.05, 4.69) is 194 Å². The maximum atomic E-state index is 6.23. The fourth-order valence-corrected chi connectivity index (χ4v) is 9.97. The molecule has 0 unspecified atom stereocenters. The average molecular weight is 787 g/mol. The van der Waals surface area contributed by atoms with E-state index in [1.807, 2.05) is 24.3 Å². The number of benzene rings is 8. The van der Waals surface area contributed by atoms with Crippen molar-refractivity contribution >= 4 is 77.9 Å². The lowest BCUT2D eigenvalue weighted by Crippen LogP contribution is -2.22. The van der Waals surface area contributed by atoms with Crippen molar-refractivity contribution in [2.24, 2.45) is 0 Å². The van der Waals surface area contributed by atoms with Crippen LogP contribution in [-0.4, -0.2) is 0 Å². The Morgan fingerprint density at radius 1 is 0.410 bits per heavy atom. The van der Waals surface area contributed by atoms with Gasteiger partial charge in [0.2, 0.25) is 0 Å². The van der Waals surface area contributed by atoms with Crippen LogP contribution in [0.4, 0.5) is 28.4 Å². The van der Waals surface area contributed by atoms with Crippen LogP contribution in [0, 0.1) is 0 Å². The van der Waals surface area contributed by atoms with Crippen molar-refractivity contribution in [3.63, 3.8) is 0 Å². The predicted molar refractivity (Wildman–Crippen MR) is 253 cm³/mol. The maximum Gasteiger partial charge on any atom is 0.135 e. The van der Waals surface area contributed by atoms with E-state index in [1.165, 1.54) is 39.1 Å². The molecule has 8 aromatic carbocycles.